The summed E-state index contributed by atoms with van der Waals surface area (Å²) >= 11 is 3.04. The molecule has 304 valence electrons. The quantitative estimate of drug-likeness (QED) is 0.182. The number of rotatable bonds is 9. The van der Waals surface area contributed by atoms with Crippen molar-refractivity contribution in [3.05, 3.63) is 82.2 Å². The molecule has 0 amide bonds. The zero-order valence-electron chi connectivity index (χ0n) is 32.6. The Bertz CT molecular complexity index is 2240. The van der Waals surface area contributed by atoms with Crippen LogP contribution in [0.25, 0.3) is 21.8 Å². The molecule has 4 fully saturated rings. The van der Waals surface area contributed by atoms with Crippen molar-refractivity contribution < 1.29 is 19.7 Å². The van der Waals surface area contributed by atoms with E-state index in [-0.39, 0.29) is 5.92 Å². The summed E-state index contributed by atoms with van der Waals surface area (Å²) in [4.78, 5) is 36.1. The third-order valence-electron chi connectivity index (χ3n) is 11.7. The van der Waals surface area contributed by atoms with Crippen LogP contribution >= 0.6 is 22.7 Å². The number of fused-ring (bicyclic) bond motifs is 2. The van der Waals surface area contributed by atoms with Crippen LogP contribution in [-0.2, 0) is 9.47 Å². The van der Waals surface area contributed by atoms with E-state index in [9.17, 15) is 10.2 Å². The van der Waals surface area contributed by atoms with Gasteiger partial charge in [-0.3, -0.25) is 0 Å². The summed E-state index contributed by atoms with van der Waals surface area (Å²) in [6.45, 7) is 10.3. The highest BCUT2D eigenvalue weighted by Crippen LogP contribution is 2.36. The summed E-state index contributed by atoms with van der Waals surface area (Å²) in [7, 11) is 0. The number of aromatic nitrogens is 6. The van der Waals surface area contributed by atoms with Gasteiger partial charge in [0.05, 0.1) is 37.5 Å². The molecule has 10 rings (SSSR count). The number of aliphatic hydroxyl groups is 2. The summed E-state index contributed by atoms with van der Waals surface area (Å²) in [5.74, 6) is 2.55. The molecule has 0 aliphatic carbocycles. The van der Waals surface area contributed by atoms with Crippen LogP contribution in [0, 0.1) is 11.8 Å². The van der Waals surface area contributed by atoms with Gasteiger partial charge in [0.15, 0.2) is 0 Å². The highest BCUT2D eigenvalue weighted by atomic mass is 32.1. The van der Waals surface area contributed by atoms with Crippen LogP contribution in [0.2, 0.25) is 0 Å². The Labute approximate surface area is 346 Å². The molecule has 4 atom stereocenters. The summed E-state index contributed by atoms with van der Waals surface area (Å²) in [6.07, 6.45) is 9.75. The van der Waals surface area contributed by atoms with Gasteiger partial charge in [0, 0.05) is 104 Å². The van der Waals surface area contributed by atoms with E-state index in [0.717, 1.165) is 148 Å². The Morgan fingerprint density at radius 1 is 0.621 bits per heavy atom. The van der Waals surface area contributed by atoms with Crippen molar-refractivity contribution in [3.63, 3.8) is 0 Å². The van der Waals surface area contributed by atoms with Crippen molar-refractivity contribution in [2.75, 3.05) is 98.4 Å². The third-order valence-corrected chi connectivity index (χ3v) is 13.5. The SMILES string of the molecule is OC(CC1CCCN(c2ncnc3cc(N4CCOCC4)ccc23)C1)c1nccs1.OC(c1nccs1)C1CCN(c2ncnc3cc(N4CCOCC4)ccc23)C1. The van der Waals surface area contributed by atoms with Gasteiger partial charge in [-0.25, -0.2) is 29.9 Å². The first-order valence-corrected chi connectivity index (χ1v) is 22.1. The molecule has 4 aliphatic heterocycles. The lowest BCUT2D eigenvalue weighted by Crippen LogP contribution is -2.37. The predicted octanol–water partition coefficient (Wildman–Crippen LogP) is 5.75. The Morgan fingerprint density at radius 2 is 1.19 bits per heavy atom. The number of morpholine rings is 2. The van der Waals surface area contributed by atoms with Gasteiger partial charge in [-0.05, 0) is 68.0 Å². The number of piperidine rings is 1. The highest BCUT2D eigenvalue weighted by Gasteiger charge is 2.32. The zero-order valence-corrected chi connectivity index (χ0v) is 34.2. The molecule has 2 N–H and O–H groups in total. The van der Waals surface area contributed by atoms with E-state index in [2.05, 4.69) is 85.9 Å². The van der Waals surface area contributed by atoms with Gasteiger partial charge < -0.3 is 39.3 Å². The molecule has 14 nitrogen and oxygen atoms in total. The first-order chi connectivity index (χ1) is 28.6. The number of anilines is 4. The van der Waals surface area contributed by atoms with Crippen LogP contribution in [0.1, 0.15) is 47.9 Å². The maximum Gasteiger partial charge on any atom is 0.139 e. The van der Waals surface area contributed by atoms with Gasteiger partial charge in [0.2, 0.25) is 0 Å². The molecule has 0 saturated carbocycles. The summed E-state index contributed by atoms with van der Waals surface area (Å²) in [5, 5.41) is 28.8. The lowest BCUT2D eigenvalue weighted by molar-refractivity contribution is 0.119. The molecule has 0 radical (unpaired) electrons. The number of hydrogen-bond acceptors (Lipinski definition) is 16. The second kappa shape index (κ2) is 18.1. The van der Waals surface area contributed by atoms with Crippen molar-refractivity contribution in [1.29, 1.82) is 0 Å². The standard InChI is InChI=1S/C22H27N5O2S.C20H23N5O2S/c28-20(22-23-5-11-30-22)12-16-2-1-6-27(14-16)21-18-4-3-17(13-19(18)24-15-25-21)26-7-9-29-10-8-26;26-18(20-21-4-10-28-20)14-3-5-25(12-14)19-16-2-1-15(11-17(16)22-13-23-19)24-6-8-27-9-7-24/h3-5,11,13,15-16,20,28H,1-2,6-10,12,14H2;1-2,4,10-11,13-14,18,26H,3,5-9,12H2. The average molecular weight is 823 g/mol. The Hall–Kier alpha value is -4.58. The zero-order chi connectivity index (χ0) is 39.3. The van der Waals surface area contributed by atoms with Crippen LogP contribution in [0.3, 0.4) is 0 Å². The molecule has 4 saturated heterocycles. The minimum atomic E-state index is -0.508. The van der Waals surface area contributed by atoms with Gasteiger partial charge in [0.25, 0.3) is 0 Å². The van der Waals surface area contributed by atoms with Gasteiger partial charge in [-0.2, -0.15) is 0 Å². The van der Waals surface area contributed by atoms with Crippen LogP contribution in [0.5, 0.6) is 0 Å². The maximum atomic E-state index is 10.6. The molecular formula is C42H50N10O4S2. The number of thiazole rings is 2. The fourth-order valence-corrected chi connectivity index (χ4v) is 10.0. The molecule has 8 heterocycles. The summed E-state index contributed by atoms with van der Waals surface area (Å²) in [5.41, 5.74) is 4.31. The van der Waals surface area contributed by atoms with E-state index in [1.807, 2.05) is 10.8 Å². The molecular weight excluding hydrogens is 773 g/mol. The second-order valence-corrected chi connectivity index (χ2v) is 17.2. The van der Waals surface area contributed by atoms with Crippen LogP contribution in [0.15, 0.2) is 72.2 Å². The number of benzene rings is 2. The molecule has 4 aliphatic rings. The lowest BCUT2D eigenvalue weighted by atomic mass is 9.92. The Morgan fingerprint density at radius 3 is 1.76 bits per heavy atom. The number of aliphatic hydroxyl groups excluding tert-OH is 2. The molecule has 4 aromatic heterocycles. The van der Waals surface area contributed by atoms with E-state index < -0.39 is 12.2 Å². The number of ether oxygens (including phenoxy) is 2. The Balaban J connectivity index is 0.000000151. The van der Waals surface area contributed by atoms with Gasteiger partial charge in [0.1, 0.15) is 46.5 Å². The molecule has 0 bridgehead atoms. The monoisotopic (exact) mass is 822 g/mol. The maximum absolute atomic E-state index is 10.6. The summed E-state index contributed by atoms with van der Waals surface area (Å²) in [6, 6.07) is 12.9. The smallest absolute Gasteiger partial charge is 0.139 e. The van der Waals surface area contributed by atoms with E-state index in [0.29, 0.717) is 5.92 Å². The largest absolute Gasteiger partial charge is 0.386 e. The van der Waals surface area contributed by atoms with Crippen LogP contribution < -0.4 is 19.6 Å². The van der Waals surface area contributed by atoms with Gasteiger partial charge in [-0.15, -0.1) is 22.7 Å². The van der Waals surface area contributed by atoms with Crippen molar-refractivity contribution >= 4 is 67.5 Å². The van der Waals surface area contributed by atoms with E-state index in [1.54, 1.807) is 25.0 Å². The lowest BCUT2D eigenvalue weighted by Gasteiger charge is -2.35. The minimum Gasteiger partial charge on any atom is -0.386 e. The van der Waals surface area contributed by atoms with Crippen molar-refractivity contribution in [2.45, 2.75) is 37.9 Å². The van der Waals surface area contributed by atoms with Crippen molar-refractivity contribution in [2.24, 2.45) is 11.8 Å². The van der Waals surface area contributed by atoms with Crippen LogP contribution in [-0.4, -0.2) is 119 Å². The van der Waals surface area contributed by atoms with Gasteiger partial charge >= 0.3 is 0 Å². The number of nitrogens with zero attached hydrogens (tertiary/aromatic N) is 10. The van der Waals surface area contributed by atoms with E-state index >= 15 is 0 Å². The van der Waals surface area contributed by atoms with Gasteiger partial charge in [-0.1, -0.05) is 0 Å². The highest BCUT2D eigenvalue weighted by molar-refractivity contribution is 7.09. The first-order valence-electron chi connectivity index (χ1n) is 20.4. The van der Waals surface area contributed by atoms with Crippen molar-refractivity contribution in [1.82, 2.24) is 29.9 Å². The van der Waals surface area contributed by atoms with Crippen molar-refractivity contribution in [3.8, 4) is 0 Å². The molecule has 2 aromatic carbocycles. The number of hydrogen-bond donors (Lipinski definition) is 2. The second-order valence-electron chi connectivity index (χ2n) is 15.4. The van der Waals surface area contributed by atoms with Crippen LogP contribution in [0.4, 0.5) is 23.0 Å². The molecule has 16 heteroatoms. The average Bonchev–Trinajstić information content (AvgIpc) is 4.11. The van der Waals surface area contributed by atoms with E-state index in [1.165, 1.54) is 34.0 Å². The molecule has 58 heavy (non-hydrogen) atoms. The third kappa shape index (κ3) is 8.72. The predicted molar refractivity (Wildman–Crippen MR) is 229 cm³/mol. The van der Waals surface area contributed by atoms with E-state index in [4.69, 9.17) is 9.47 Å². The fraction of sp³-hybridized carbons (Fsp3) is 0.476. The Kier molecular flexibility index (Phi) is 12.2. The fourth-order valence-electron chi connectivity index (χ4n) is 8.69. The molecule has 4 unspecified atom stereocenters. The summed E-state index contributed by atoms with van der Waals surface area (Å²) < 4.78 is 10.9. The first kappa shape index (κ1) is 38.9. The normalized spacial score (nSPS) is 21.3. The minimum absolute atomic E-state index is 0.170. The topological polar surface area (TPSA) is 149 Å². The molecule has 6 aromatic rings. The molecule has 0 spiro atoms.